The molecule has 0 bridgehead atoms. The molecule has 0 spiro atoms. The van der Waals surface area contributed by atoms with Crippen LogP contribution in [0.25, 0.3) is 0 Å². The summed E-state index contributed by atoms with van der Waals surface area (Å²) < 4.78 is 26.6. The molecule has 0 amide bonds. The third-order valence-corrected chi connectivity index (χ3v) is 6.29. The minimum absolute atomic E-state index is 0.0527. The first-order valence-corrected chi connectivity index (χ1v) is 8.64. The topological polar surface area (TPSA) is 107 Å². The van der Waals surface area contributed by atoms with Crippen molar-refractivity contribution in [2.45, 2.75) is 30.7 Å². The summed E-state index contributed by atoms with van der Waals surface area (Å²) in [5.41, 5.74) is 5.61. The van der Waals surface area contributed by atoms with Gasteiger partial charge in [0.1, 0.15) is 0 Å². The lowest BCUT2D eigenvalue weighted by atomic mass is 10.2. The summed E-state index contributed by atoms with van der Waals surface area (Å²) >= 11 is 5.95. The van der Waals surface area contributed by atoms with Crippen molar-refractivity contribution in [2.75, 3.05) is 13.6 Å². The summed E-state index contributed by atoms with van der Waals surface area (Å²) in [7, 11) is -2.44. The molecular weight excluding hydrogens is 330 g/mol. The number of rotatable bonds is 6. The van der Waals surface area contributed by atoms with Crippen LogP contribution in [0.1, 0.15) is 18.4 Å². The molecule has 2 rings (SSSR count). The molecule has 1 fully saturated rings. The summed E-state index contributed by atoms with van der Waals surface area (Å²) in [4.78, 5) is 10.2. The molecule has 122 valence electrons. The summed E-state index contributed by atoms with van der Waals surface area (Å²) in [6, 6.07) is 1.99. The second kappa shape index (κ2) is 6.11. The van der Waals surface area contributed by atoms with Gasteiger partial charge in [0.25, 0.3) is 5.69 Å². The monoisotopic (exact) mass is 347 g/mol. The fourth-order valence-electron chi connectivity index (χ4n) is 2.44. The third-order valence-electron chi connectivity index (χ3n) is 4.04. The Labute approximate surface area is 134 Å². The zero-order valence-electron chi connectivity index (χ0n) is 12.3. The molecule has 1 atom stereocenters. The van der Waals surface area contributed by atoms with Crippen LogP contribution in [-0.2, 0) is 10.0 Å². The Kier molecular flexibility index (Phi) is 4.76. The van der Waals surface area contributed by atoms with E-state index in [1.165, 1.54) is 24.3 Å². The molecule has 0 heterocycles. The summed E-state index contributed by atoms with van der Waals surface area (Å²) in [6.45, 7) is 1.69. The lowest BCUT2D eigenvalue weighted by Gasteiger charge is -2.26. The summed E-state index contributed by atoms with van der Waals surface area (Å²) in [5.74, 6) is 0.251. The van der Waals surface area contributed by atoms with Crippen molar-refractivity contribution in [1.82, 2.24) is 4.31 Å². The highest BCUT2D eigenvalue weighted by Gasteiger charge is 2.38. The third kappa shape index (κ3) is 3.10. The lowest BCUT2D eigenvalue weighted by Crippen LogP contribution is -2.43. The summed E-state index contributed by atoms with van der Waals surface area (Å²) in [6.07, 6.45) is 1.88. The quantitative estimate of drug-likeness (QED) is 0.625. The van der Waals surface area contributed by atoms with E-state index in [0.29, 0.717) is 0 Å². The van der Waals surface area contributed by atoms with Gasteiger partial charge in [-0.05, 0) is 31.7 Å². The van der Waals surface area contributed by atoms with E-state index >= 15 is 0 Å². The Morgan fingerprint density at radius 2 is 2.09 bits per heavy atom. The lowest BCUT2D eigenvalue weighted by molar-refractivity contribution is -0.385. The molecule has 1 aliphatic carbocycles. The van der Waals surface area contributed by atoms with Crippen LogP contribution in [0.5, 0.6) is 0 Å². The highest BCUT2D eigenvalue weighted by atomic mass is 35.5. The number of sulfonamides is 1. The van der Waals surface area contributed by atoms with E-state index in [1.54, 1.807) is 0 Å². The van der Waals surface area contributed by atoms with Crippen LogP contribution < -0.4 is 5.73 Å². The SMILES string of the molecule is Cc1c(Cl)cc(S(=O)(=O)N(C)C(CN)C2CC2)cc1[N+](=O)[O-]. The van der Waals surface area contributed by atoms with Gasteiger partial charge in [-0.25, -0.2) is 8.42 Å². The minimum atomic E-state index is -3.89. The Balaban J connectivity index is 2.47. The van der Waals surface area contributed by atoms with Crippen LogP contribution in [0.15, 0.2) is 17.0 Å². The zero-order valence-corrected chi connectivity index (χ0v) is 13.9. The molecule has 2 N–H and O–H groups in total. The predicted molar refractivity (Wildman–Crippen MR) is 83.4 cm³/mol. The number of hydrogen-bond acceptors (Lipinski definition) is 5. The van der Waals surface area contributed by atoms with Crippen LogP contribution >= 0.6 is 11.6 Å². The van der Waals surface area contributed by atoms with Crippen LogP contribution in [-0.4, -0.2) is 37.3 Å². The molecule has 1 aromatic rings. The second-order valence-electron chi connectivity index (χ2n) is 5.47. The van der Waals surface area contributed by atoms with Gasteiger partial charge >= 0.3 is 0 Å². The number of nitro groups is 1. The minimum Gasteiger partial charge on any atom is -0.329 e. The molecule has 1 aromatic carbocycles. The molecular formula is C13H18ClN3O4S. The van der Waals surface area contributed by atoms with Crippen molar-refractivity contribution >= 4 is 27.3 Å². The van der Waals surface area contributed by atoms with Crippen LogP contribution in [0.2, 0.25) is 5.02 Å². The fourth-order valence-corrected chi connectivity index (χ4v) is 4.20. The Morgan fingerprint density at radius 1 is 1.50 bits per heavy atom. The standard InChI is InChI=1S/C13H18ClN3O4S/c1-8-11(14)5-10(6-12(8)17(18)19)22(20,21)16(2)13(7-15)9-3-4-9/h5-6,9,13H,3-4,7,15H2,1-2H3. The van der Waals surface area contributed by atoms with E-state index in [4.69, 9.17) is 17.3 Å². The molecule has 0 radical (unpaired) electrons. The largest absolute Gasteiger partial charge is 0.329 e. The maximum absolute atomic E-state index is 12.7. The van der Waals surface area contributed by atoms with E-state index < -0.39 is 14.9 Å². The molecule has 0 aliphatic heterocycles. The molecule has 1 aliphatic rings. The fraction of sp³-hybridized carbons (Fsp3) is 0.538. The van der Waals surface area contributed by atoms with Gasteiger partial charge in [0.15, 0.2) is 0 Å². The van der Waals surface area contributed by atoms with Gasteiger partial charge in [0, 0.05) is 31.3 Å². The second-order valence-corrected chi connectivity index (χ2v) is 7.87. The molecule has 1 saturated carbocycles. The molecule has 1 unspecified atom stereocenters. The van der Waals surface area contributed by atoms with Gasteiger partial charge in [-0.15, -0.1) is 0 Å². The highest BCUT2D eigenvalue weighted by Crippen LogP contribution is 2.37. The Morgan fingerprint density at radius 3 is 2.55 bits per heavy atom. The molecule has 7 nitrogen and oxygen atoms in total. The van der Waals surface area contributed by atoms with Gasteiger partial charge in [-0.1, -0.05) is 11.6 Å². The first-order valence-electron chi connectivity index (χ1n) is 6.82. The average molecular weight is 348 g/mol. The smallest absolute Gasteiger partial charge is 0.275 e. The van der Waals surface area contributed by atoms with Crippen molar-refractivity contribution in [3.8, 4) is 0 Å². The van der Waals surface area contributed by atoms with Gasteiger partial charge in [0.05, 0.1) is 14.8 Å². The highest BCUT2D eigenvalue weighted by molar-refractivity contribution is 7.89. The zero-order chi connectivity index (χ0) is 16.7. The van der Waals surface area contributed by atoms with E-state index in [2.05, 4.69) is 0 Å². The van der Waals surface area contributed by atoms with Crippen LogP contribution in [0.3, 0.4) is 0 Å². The number of nitrogens with zero attached hydrogens (tertiary/aromatic N) is 2. The first-order chi connectivity index (χ1) is 10.2. The van der Waals surface area contributed by atoms with Crippen LogP contribution in [0.4, 0.5) is 5.69 Å². The van der Waals surface area contributed by atoms with Gasteiger partial charge in [-0.3, -0.25) is 10.1 Å². The van der Waals surface area contributed by atoms with E-state index in [9.17, 15) is 18.5 Å². The van der Waals surface area contributed by atoms with Crippen LogP contribution in [0, 0.1) is 23.0 Å². The number of benzene rings is 1. The van der Waals surface area contributed by atoms with E-state index in [0.717, 1.165) is 18.9 Å². The molecule has 22 heavy (non-hydrogen) atoms. The number of likely N-dealkylation sites (N-methyl/N-ethyl adjacent to an activating group) is 1. The first kappa shape index (κ1) is 17.1. The van der Waals surface area contributed by atoms with Crippen molar-refractivity contribution in [2.24, 2.45) is 11.7 Å². The normalized spacial score (nSPS) is 16.8. The predicted octanol–water partition coefficient (Wildman–Crippen LogP) is 1.91. The van der Waals surface area contributed by atoms with E-state index in [-0.39, 0.29) is 39.7 Å². The molecule has 0 saturated heterocycles. The van der Waals surface area contributed by atoms with Crippen molar-refractivity contribution in [3.05, 3.63) is 32.8 Å². The average Bonchev–Trinajstić information content (AvgIpc) is 3.26. The number of halogens is 1. The number of nitro benzene ring substituents is 1. The van der Waals surface area contributed by atoms with Gasteiger partial charge in [-0.2, -0.15) is 4.31 Å². The maximum atomic E-state index is 12.7. The Bertz CT molecular complexity index is 703. The van der Waals surface area contributed by atoms with Gasteiger partial charge < -0.3 is 5.73 Å². The van der Waals surface area contributed by atoms with Crippen molar-refractivity contribution in [1.29, 1.82) is 0 Å². The Hall–Kier alpha value is -1.22. The number of hydrogen-bond donors (Lipinski definition) is 1. The van der Waals surface area contributed by atoms with Crippen molar-refractivity contribution in [3.63, 3.8) is 0 Å². The summed E-state index contributed by atoms with van der Waals surface area (Å²) in [5, 5.41) is 11.1. The van der Waals surface area contributed by atoms with Gasteiger partial charge in [0.2, 0.25) is 10.0 Å². The van der Waals surface area contributed by atoms with Crippen molar-refractivity contribution < 1.29 is 13.3 Å². The molecule has 9 heteroatoms. The van der Waals surface area contributed by atoms with E-state index in [1.807, 2.05) is 0 Å². The maximum Gasteiger partial charge on any atom is 0.275 e. The molecule has 0 aromatic heterocycles. The number of nitrogens with two attached hydrogens (primary N) is 1.